The number of aromatic nitrogens is 2. The van der Waals surface area contributed by atoms with Gasteiger partial charge in [0.15, 0.2) is 11.6 Å². The largest absolute Gasteiger partial charge is 0.494 e. The summed E-state index contributed by atoms with van der Waals surface area (Å²) in [6, 6.07) is 20.2. The fourth-order valence-corrected chi connectivity index (χ4v) is 4.36. The summed E-state index contributed by atoms with van der Waals surface area (Å²) in [6.45, 7) is 3.54. The Morgan fingerprint density at radius 2 is 1.62 bits per heavy atom. The average Bonchev–Trinajstić information content (AvgIpc) is 3.78. The number of hydrogen-bond donors (Lipinski definition) is 5. The van der Waals surface area contributed by atoms with Crippen LogP contribution in [0.4, 0.5) is 42.1 Å². The number of anilines is 2. The van der Waals surface area contributed by atoms with Crippen LogP contribution in [0.1, 0.15) is 24.7 Å². The van der Waals surface area contributed by atoms with Gasteiger partial charge in [0, 0.05) is 41.6 Å². The van der Waals surface area contributed by atoms with Gasteiger partial charge in [-0.3, -0.25) is 5.41 Å². The number of aromatic amines is 1. The van der Waals surface area contributed by atoms with Crippen LogP contribution in [0.25, 0.3) is 11.3 Å². The van der Waals surface area contributed by atoms with E-state index in [9.17, 15) is 26.3 Å². The van der Waals surface area contributed by atoms with Crippen LogP contribution in [-0.4, -0.2) is 76.2 Å². The fourth-order valence-electron chi connectivity index (χ4n) is 4.36. The van der Waals surface area contributed by atoms with Gasteiger partial charge in [0.1, 0.15) is 23.5 Å². The van der Waals surface area contributed by atoms with Gasteiger partial charge in [-0.1, -0.05) is 30.3 Å². The number of ether oxygens (including phenoxy) is 3. The molecule has 1 atom stereocenters. The summed E-state index contributed by atoms with van der Waals surface area (Å²) in [6.07, 6.45) is -7.86. The molecule has 3 aromatic carbocycles. The topological polar surface area (TPSA) is 184 Å². The van der Waals surface area contributed by atoms with Gasteiger partial charge in [0.2, 0.25) is 0 Å². The molecule has 1 aromatic heterocycles. The minimum absolute atomic E-state index is 0.0411. The van der Waals surface area contributed by atoms with E-state index in [1.807, 2.05) is 43.5 Å². The minimum Gasteiger partial charge on any atom is -0.494 e. The maximum atomic E-state index is 16.1. The van der Waals surface area contributed by atoms with E-state index < -0.39 is 30.1 Å². The Kier molecular flexibility index (Phi) is 14.0. The highest BCUT2D eigenvalue weighted by Crippen LogP contribution is 2.39. The quantitative estimate of drug-likeness (QED) is 0.0668. The molecule has 0 spiro atoms. The first-order valence-corrected chi connectivity index (χ1v) is 15.0. The number of nitrogens with zero attached hydrogens (tertiary/aromatic N) is 2. The molecule has 0 bridgehead atoms. The molecule has 2 heterocycles. The monoisotopic (exact) mass is 743 g/mol. The van der Waals surface area contributed by atoms with Gasteiger partial charge in [0.05, 0.1) is 37.7 Å². The zero-order chi connectivity index (χ0) is 38.6. The molecular weight excluding hydrogens is 711 g/mol. The number of nitrogen functional groups attached to an aromatic ring is 1. The first-order valence-electron chi connectivity index (χ1n) is 15.0. The summed E-state index contributed by atoms with van der Waals surface area (Å²) in [5.74, 6) is -4.82. The molecule has 1 saturated heterocycles. The molecule has 19 heteroatoms. The van der Waals surface area contributed by atoms with Crippen LogP contribution in [-0.2, 0) is 20.9 Å². The standard InChI is InChI=1S/C29H30FN5O3.2C2HF3O2/c1-2-37-23-14-25(28(30)26(15-23)38-22-12-13-36-18-22)35(21-10-8-20(9-11-21)29(31)32)17-27-33-16-24(34-27)19-6-4-3-5-7-19;2*3-2(4,5)1(6)7/h3-11,14-16,22H,2,12-13,17-18H2,1H3,(H3,31,32)(H,33,34);2*(H,6,7)/t22-;;/m0../s1. The third-order valence-corrected chi connectivity index (χ3v) is 6.76. The molecule has 0 amide bonds. The lowest BCUT2D eigenvalue weighted by molar-refractivity contribution is -0.193. The molecule has 6 N–H and O–H groups in total. The third-order valence-electron chi connectivity index (χ3n) is 6.76. The molecule has 1 aliphatic heterocycles. The molecule has 0 unspecified atom stereocenters. The summed E-state index contributed by atoms with van der Waals surface area (Å²) in [5.41, 5.74) is 8.97. The number of H-pyrrole nitrogens is 1. The lowest BCUT2D eigenvalue weighted by atomic mass is 10.1. The van der Waals surface area contributed by atoms with Crippen LogP contribution in [0.3, 0.4) is 0 Å². The van der Waals surface area contributed by atoms with Crippen LogP contribution in [0, 0.1) is 11.2 Å². The summed E-state index contributed by atoms with van der Waals surface area (Å²) in [7, 11) is 0. The molecule has 0 radical (unpaired) electrons. The Hall–Kier alpha value is -5.85. The van der Waals surface area contributed by atoms with Gasteiger partial charge in [-0.25, -0.2) is 19.0 Å². The zero-order valence-corrected chi connectivity index (χ0v) is 27.1. The number of carbonyl (C=O) groups is 2. The first-order chi connectivity index (χ1) is 24.4. The first kappa shape index (κ1) is 40.6. The molecule has 12 nitrogen and oxygen atoms in total. The Morgan fingerprint density at radius 1 is 1.02 bits per heavy atom. The predicted octanol–water partition coefficient (Wildman–Crippen LogP) is 6.67. The van der Waals surface area contributed by atoms with E-state index in [-0.39, 0.29) is 29.9 Å². The molecule has 0 aliphatic carbocycles. The van der Waals surface area contributed by atoms with Crippen LogP contribution in [0.2, 0.25) is 0 Å². The van der Waals surface area contributed by atoms with Crippen molar-refractivity contribution in [2.24, 2.45) is 5.73 Å². The molecule has 0 saturated carbocycles. The van der Waals surface area contributed by atoms with Crippen molar-refractivity contribution < 1.29 is 64.7 Å². The lowest BCUT2D eigenvalue weighted by Gasteiger charge is -2.27. The number of aliphatic carboxylic acids is 2. The maximum Gasteiger partial charge on any atom is 0.490 e. The van der Waals surface area contributed by atoms with Crippen molar-refractivity contribution in [2.45, 2.75) is 38.3 Å². The van der Waals surface area contributed by atoms with Crippen molar-refractivity contribution in [1.29, 1.82) is 5.41 Å². The minimum atomic E-state index is -5.08. The second-order valence-electron chi connectivity index (χ2n) is 10.5. The SMILES string of the molecule is CCOc1cc(O[C@H]2CCOC2)c(F)c(N(Cc2nc(-c3ccccc3)c[nH]2)c2ccc(C(=N)N)cc2)c1.O=C(O)C(F)(F)F.O=C(O)C(F)(F)F. The van der Waals surface area contributed by atoms with Crippen LogP contribution in [0.15, 0.2) is 72.9 Å². The van der Waals surface area contributed by atoms with Crippen molar-refractivity contribution >= 4 is 29.1 Å². The highest BCUT2D eigenvalue weighted by molar-refractivity contribution is 5.95. The van der Waals surface area contributed by atoms with Crippen LogP contribution >= 0.6 is 0 Å². The predicted molar refractivity (Wildman–Crippen MR) is 172 cm³/mol. The number of nitrogens with two attached hydrogens (primary N) is 1. The van der Waals surface area contributed by atoms with Crippen molar-refractivity contribution in [3.8, 4) is 22.8 Å². The van der Waals surface area contributed by atoms with Gasteiger partial charge in [-0.2, -0.15) is 26.3 Å². The number of hydrogen-bond acceptors (Lipinski definition) is 8. The van der Waals surface area contributed by atoms with E-state index in [1.54, 1.807) is 41.3 Å². The summed E-state index contributed by atoms with van der Waals surface area (Å²) in [5, 5.41) is 22.0. The van der Waals surface area contributed by atoms with E-state index in [1.165, 1.54) is 0 Å². The van der Waals surface area contributed by atoms with Gasteiger partial charge < -0.3 is 40.0 Å². The molecule has 5 rings (SSSR count). The van der Waals surface area contributed by atoms with Crippen molar-refractivity contribution in [1.82, 2.24) is 9.97 Å². The number of benzene rings is 3. The van der Waals surface area contributed by atoms with E-state index >= 15 is 4.39 Å². The number of amidine groups is 1. The van der Waals surface area contributed by atoms with Crippen LogP contribution in [0.5, 0.6) is 11.5 Å². The van der Waals surface area contributed by atoms with Gasteiger partial charge in [-0.05, 0) is 31.2 Å². The van der Waals surface area contributed by atoms with E-state index in [0.717, 1.165) is 11.3 Å². The number of carboxylic acids is 2. The molecule has 1 aliphatic rings. The van der Waals surface area contributed by atoms with Gasteiger partial charge >= 0.3 is 24.3 Å². The van der Waals surface area contributed by atoms with E-state index in [2.05, 4.69) is 4.98 Å². The molecule has 1 fully saturated rings. The van der Waals surface area contributed by atoms with Crippen molar-refractivity contribution in [2.75, 3.05) is 24.7 Å². The highest BCUT2D eigenvalue weighted by atomic mass is 19.4. The normalized spacial score (nSPS) is 13.9. The van der Waals surface area contributed by atoms with Crippen LogP contribution < -0.4 is 20.1 Å². The smallest absolute Gasteiger partial charge is 0.490 e. The molecule has 280 valence electrons. The number of rotatable bonds is 10. The molecular formula is C33H32F7N5O7. The number of imidazole rings is 1. The summed E-state index contributed by atoms with van der Waals surface area (Å²) < 4.78 is 96.8. The number of halogens is 7. The second kappa shape index (κ2) is 17.9. The zero-order valence-electron chi connectivity index (χ0n) is 27.1. The number of carboxylic acid groups (broad SMARTS) is 2. The Labute approximate surface area is 291 Å². The molecule has 4 aromatic rings. The van der Waals surface area contributed by atoms with E-state index in [4.69, 9.17) is 50.1 Å². The van der Waals surface area contributed by atoms with E-state index in [0.29, 0.717) is 49.1 Å². The molecule has 52 heavy (non-hydrogen) atoms. The van der Waals surface area contributed by atoms with Crippen molar-refractivity contribution in [3.63, 3.8) is 0 Å². The third kappa shape index (κ3) is 11.9. The number of nitrogens with one attached hydrogen (secondary N) is 2. The Morgan fingerprint density at radius 3 is 2.12 bits per heavy atom. The van der Waals surface area contributed by atoms with Gasteiger partial charge in [-0.15, -0.1) is 0 Å². The second-order valence-corrected chi connectivity index (χ2v) is 10.5. The Bertz CT molecular complexity index is 1770. The van der Waals surface area contributed by atoms with Crippen molar-refractivity contribution in [3.05, 3.63) is 90.1 Å². The van der Waals surface area contributed by atoms with Gasteiger partial charge in [0.25, 0.3) is 0 Å². The fraction of sp³-hybridized carbons (Fsp3) is 0.273. The average molecular weight is 744 g/mol. The number of alkyl halides is 6. The Balaban J connectivity index is 0.000000441. The lowest BCUT2D eigenvalue weighted by Crippen LogP contribution is -2.21. The summed E-state index contributed by atoms with van der Waals surface area (Å²) in [4.78, 5) is 27.6. The maximum absolute atomic E-state index is 16.1. The summed E-state index contributed by atoms with van der Waals surface area (Å²) >= 11 is 0. The highest BCUT2D eigenvalue weighted by Gasteiger charge is 2.39.